The summed E-state index contributed by atoms with van der Waals surface area (Å²) in [5.74, 6) is 0.785. The number of rotatable bonds is 3. The lowest BCUT2D eigenvalue weighted by Crippen LogP contribution is -1.89. The topological polar surface area (TPSA) is 33.0 Å². The fourth-order valence-electron chi connectivity index (χ4n) is 1.81. The highest BCUT2D eigenvalue weighted by atomic mass is 16.5. The highest BCUT2D eigenvalue weighted by molar-refractivity contribution is 5.81. The zero-order valence-electron chi connectivity index (χ0n) is 10.1. The van der Waals surface area contributed by atoms with E-state index in [0.717, 1.165) is 22.4 Å². The van der Waals surface area contributed by atoms with Gasteiger partial charge in [-0.05, 0) is 28.8 Å². The molecular formula is C16H13NO. The van der Waals surface area contributed by atoms with Crippen LogP contribution in [0.5, 0.6) is 5.75 Å². The molecule has 0 saturated heterocycles. The van der Waals surface area contributed by atoms with Crippen LogP contribution >= 0.6 is 0 Å². The minimum Gasteiger partial charge on any atom is -0.497 e. The number of methoxy groups -OCH3 is 1. The number of allylic oxidation sites excluding steroid dienone is 1. The van der Waals surface area contributed by atoms with Gasteiger partial charge in [0.15, 0.2) is 0 Å². The van der Waals surface area contributed by atoms with E-state index in [4.69, 9.17) is 10.00 Å². The van der Waals surface area contributed by atoms with Crippen LogP contribution in [0, 0.1) is 11.3 Å². The summed E-state index contributed by atoms with van der Waals surface area (Å²) in [5, 5.41) is 8.93. The van der Waals surface area contributed by atoms with Gasteiger partial charge in [-0.15, -0.1) is 0 Å². The van der Waals surface area contributed by atoms with E-state index in [2.05, 4.69) is 6.07 Å². The first-order chi connectivity index (χ1) is 8.85. The molecule has 18 heavy (non-hydrogen) atoms. The maximum Gasteiger partial charge on any atom is 0.119 e. The number of nitriles is 1. The van der Waals surface area contributed by atoms with Crippen molar-refractivity contribution in [3.63, 3.8) is 0 Å². The second-order valence-corrected chi connectivity index (χ2v) is 3.79. The van der Waals surface area contributed by atoms with Gasteiger partial charge in [-0.25, -0.2) is 0 Å². The van der Waals surface area contributed by atoms with Crippen LogP contribution in [0.25, 0.3) is 5.57 Å². The second kappa shape index (κ2) is 5.70. The maximum atomic E-state index is 8.93. The zero-order valence-corrected chi connectivity index (χ0v) is 10.1. The minimum absolute atomic E-state index is 0.785. The van der Waals surface area contributed by atoms with Crippen LogP contribution in [0.3, 0.4) is 0 Å². The first-order valence-electron chi connectivity index (χ1n) is 5.65. The maximum absolute atomic E-state index is 8.93. The molecule has 0 unspecified atom stereocenters. The summed E-state index contributed by atoms with van der Waals surface area (Å²) in [4.78, 5) is 0. The zero-order chi connectivity index (χ0) is 12.8. The van der Waals surface area contributed by atoms with Crippen molar-refractivity contribution in [2.75, 3.05) is 7.11 Å². The van der Waals surface area contributed by atoms with E-state index in [1.807, 2.05) is 54.6 Å². The Labute approximate surface area is 107 Å². The van der Waals surface area contributed by atoms with E-state index in [-0.39, 0.29) is 0 Å². The van der Waals surface area contributed by atoms with Crippen molar-refractivity contribution in [1.29, 1.82) is 5.26 Å². The smallest absolute Gasteiger partial charge is 0.119 e. The lowest BCUT2D eigenvalue weighted by atomic mass is 9.98. The standard InChI is InChI=1S/C16H13NO/c1-18-15-9-5-8-14(12-15)16(10-11-17)13-6-3-2-4-7-13/h2-10,12H,1H3. The monoisotopic (exact) mass is 235 g/mol. The van der Waals surface area contributed by atoms with Crippen LogP contribution in [0.15, 0.2) is 60.7 Å². The highest BCUT2D eigenvalue weighted by Gasteiger charge is 2.05. The number of ether oxygens (including phenoxy) is 1. The summed E-state index contributed by atoms with van der Waals surface area (Å²) in [6.07, 6.45) is 1.56. The van der Waals surface area contributed by atoms with Crippen molar-refractivity contribution in [1.82, 2.24) is 0 Å². The van der Waals surface area contributed by atoms with Crippen LogP contribution in [-0.2, 0) is 0 Å². The molecule has 0 saturated carbocycles. The predicted octanol–water partition coefficient (Wildman–Crippen LogP) is 3.65. The van der Waals surface area contributed by atoms with E-state index in [1.165, 1.54) is 0 Å². The minimum atomic E-state index is 0.785. The molecule has 0 amide bonds. The molecule has 0 aliphatic rings. The van der Waals surface area contributed by atoms with Crippen molar-refractivity contribution >= 4 is 5.57 Å². The lowest BCUT2D eigenvalue weighted by Gasteiger charge is -2.08. The van der Waals surface area contributed by atoms with Crippen molar-refractivity contribution in [3.8, 4) is 11.8 Å². The molecule has 0 bridgehead atoms. The third-order valence-corrected chi connectivity index (χ3v) is 2.67. The fourth-order valence-corrected chi connectivity index (χ4v) is 1.81. The average molecular weight is 235 g/mol. The van der Waals surface area contributed by atoms with Gasteiger partial charge in [0.2, 0.25) is 0 Å². The molecule has 0 aliphatic carbocycles. The Morgan fingerprint density at radius 3 is 2.44 bits per heavy atom. The second-order valence-electron chi connectivity index (χ2n) is 3.79. The molecule has 2 rings (SSSR count). The van der Waals surface area contributed by atoms with E-state index in [9.17, 15) is 0 Å². The third kappa shape index (κ3) is 2.58. The quantitative estimate of drug-likeness (QED) is 0.761. The first-order valence-corrected chi connectivity index (χ1v) is 5.65. The van der Waals surface area contributed by atoms with Gasteiger partial charge < -0.3 is 4.74 Å². The molecule has 0 N–H and O–H groups in total. The highest BCUT2D eigenvalue weighted by Crippen LogP contribution is 2.25. The molecule has 0 heterocycles. The van der Waals surface area contributed by atoms with Gasteiger partial charge in [0.1, 0.15) is 5.75 Å². The van der Waals surface area contributed by atoms with Crippen LogP contribution < -0.4 is 4.74 Å². The van der Waals surface area contributed by atoms with E-state index in [0.29, 0.717) is 0 Å². The number of nitrogens with zero attached hydrogens (tertiary/aromatic N) is 1. The Morgan fingerprint density at radius 2 is 1.78 bits per heavy atom. The lowest BCUT2D eigenvalue weighted by molar-refractivity contribution is 0.414. The molecule has 2 aromatic rings. The van der Waals surface area contributed by atoms with Gasteiger partial charge in [0, 0.05) is 6.08 Å². The van der Waals surface area contributed by atoms with Gasteiger partial charge >= 0.3 is 0 Å². The Kier molecular flexibility index (Phi) is 3.78. The molecule has 0 radical (unpaired) electrons. The van der Waals surface area contributed by atoms with E-state index >= 15 is 0 Å². The fraction of sp³-hybridized carbons (Fsp3) is 0.0625. The van der Waals surface area contributed by atoms with Crippen LogP contribution in [0.2, 0.25) is 0 Å². The van der Waals surface area contributed by atoms with Crippen molar-refractivity contribution in [2.24, 2.45) is 0 Å². The largest absolute Gasteiger partial charge is 0.497 e. The summed E-state index contributed by atoms with van der Waals surface area (Å²) >= 11 is 0. The van der Waals surface area contributed by atoms with E-state index < -0.39 is 0 Å². The van der Waals surface area contributed by atoms with Gasteiger partial charge in [-0.2, -0.15) is 5.26 Å². The first kappa shape index (κ1) is 11.9. The van der Waals surface area contributed by atoms with Gasteiger partial charge in [0.25, 0.3) is 0 Å². The van der Waals surface area contributed by atoms with Crippen molar-refractivity contribution in [3.05, 3.63) is 71.8 Å². The molecule has 88 valence electrons. The molecule has 2 aromatic carbocycles. The summed E-state index contributed by atoms with van der Waals surface area (Å²) in [6, 6.07) is 19.7. The molecular weight excluding hydrogens is 222 g/mol. The molecule has 0 aromatic heterocycles. The van der Waals surface area contributed by atoms with Gasteiger partial charge in [-0.1, -0.05) is 42.5 Å². The Morgan fingerprint density at radius 1 is 1.06 bits per heavy atom. The van der Waals surface area contributed by atoms with Crippen LogP contribution in [0.4, 0.5) is 0 Å². The van der Waals surface area contributed by atoms with E-state index in [1.54, 1.807) is 13.2 Å². The van der Waals surface area contributed by atoms with Crippen molar-refractivity contribution < 1.29 is 4.74 Å². The molecule has 0 fully saturated rings. The Bertz CT molecular complexity index is 594. The number of hydrogen-bond acceptors (Lipinski definition) is 2. The van der Waals surface area contributed by atoms with Gasteiger partial charge in [0.05, 0.1) is 13.2 Å². The number of hydrogen-bond donors (Lipinski definition) is 0. The summed E-state index contributed by atoms with van der Waals surface area (Å²) in [5.41, 5.74) is 2.89. The normalized spacial score (nSPS) is 10.8. The summed E-state index contributed by atoms with van der Waals surface area (Å²) in [6.45, 7) is 0. The van der Waals surface area contributed by atoms with Crippen LogP contribution in [-0.4, -0.2) is 7.11 Å². The SMILES string of the molecule is COc1cccc(C(=CC#N)c2ccccc2)c1. The molecule has 2 nitrogen and oxygen atoms in total. The van der Waals surface area contributed by atoms with Gasteiger partial charge in [-0.3, -0.25) is 0 Å². The Balaban J connectivity index is 2.50. The molecule has 0 spiro atoms. The summed E-state index contributed by atoms with van der Waals surface area (Å²) in [7, 11) is 1.63. The molecule has 2 heteroatoms. The van der Waals surface area contributed by atoms with Crippen molar-refractivity contribution in [2.45, 2.75) is 0 Å². The van der Waals surface area contributed by atoms with Crippen LogP contribution in [0.1, 0.15) is 11.1 Å². The summed E-state index contributed by atoms with van der Waals surface area (Å²) < 4.78 is 5.21. The molecule has 0 aliphatic heterocycles. The third-order valence-electron chi connectivity index (χ3n) is 2.67. The molecule has 0 atom stereocenters. The average Bonchev–Trinajstić information content (AvgIpc) is 2.46. The predicted molar refractivity (Wildman–Crippen MR) is 72.1 cm³/mol. The number of benzene rings is 2. The Hall–Kier alpha value is -2.53.